The molecule has 0 fully saturated rings. The van der Waals surface area contributed by atoms with Gasteiger partial charge in [0.2, 0.25) is 0 Å². The third-order valence-corrected chi connectivity index (χ3v) is 3.29. The summed E-state index contributed by atoms with van der Waals surface area (Å²) in [5.41, 5.74) is 2.67. The molecule has 1 atom stereocenters. The van der Waals surface area contributed by atoms with Crippen molar-refractivity contribution in [1.29, 1.82) is 0 Å². The van der Waals surface area contributed by atoms with Gasteiger partial charge in [0.25, 0.3) is 0 Å². The van der Waals surface area contributed by atoms with Crippen LogP contribution in [0.5, 0.6) is 0 Å². The van der Waals surface area contributed by atoms with E-state index in [1.165, 1.54) is 11.1 Å². The molecule has 0 saturated carbocycles. The van der Waals surface area contributed by atoms with Gasteiger partial charge in [-0.25, -0.2) is 4.79 Å². The Bertz CT molecular complexity index is 373. The fraction of sp³-hybridized carbons (Fsp3) is 0.562. The largest absolute Gasteiger partial charge is 0.338 e. The van der Waals surface area contributed by atoms with Crippen molar-refractivity contribution in [3.8, 4) is 0 Å². The second kappa shape index (κ2) is 8.57. The van der Waals surface area contributed by atoms with E-state index in [4.69, 9.17) is 0 Å². The highest BCUT2D eigenvalue weighted by Crippen LogP contribution is 2.06. The van der Waals surface area contributed by atoms with Crippen LogP contribution in [0.1, 0.15) is 44.2 Å². The van der Waals surface area contributed by atoms with Crippen LogP contribution in [0.4, 0.5) is 4.79 Å². The average Bonchev–Trinajstić information content (AvgIpc) is 2.40. The molecule has 0 radical (unpaired) electrons. The molecule has 1 unspecified atom stereocenters. The second-order valence-electron chi connectivity index (χ2n) is 5.15. The molecule has 0 spiro atoms. The van der Waals surface area contributed by atoms with Gasteiger partial charge in [-0.2, -0.15) is 0 Å². The number of carbonyl (C=O) groups is 1. The van der Waals surface area contributed by atoms with E-state index in [9.17, 15) is 4.79 Å². The molecule has 19 heavy (non-hydrogen) atoms. The Morgan fingerprint density at radius 1 is 1.21 bits per heavy atom. The highest BCUT2D eigenvalue weighted by molar-refractivity contribution is 5.74. The monoisotopic (exact) mass is 262 g/mol. The number of carbonyl (C=O) groups excluding carboxylic acids is 1. The lowest BCUT2D eigenvalue weighted by Crippen LogP contribution is -2.40. The van der Waals surface area contributed by atoms with Crippen LogP contribution in [0.2, 0.25) is 0 Å². The molecule has 1 aromatic rings. The van der Waals surface area contributed by atoms with Crippen molar-refractivity contribution >= 4 is 6.03 Å². The highest BCUT2D eigenvalue weighted by Gasteiger charge is 2.03. The van der Waals surface area contributed by atoms with Crippen LogP contribution in [-0.2, 0) is 6.42 Å². The summed E-state index contributed by atoms with van der Waals surface area (Å²) in [6.45, 7) is 6.92. The number of benzene rings is 1. The standard InChI is InChI=1S/C16H26N2O/c1-4-14(3)18-16(19)17-12-6-5-7-15-10-8-13(2)9-11-15/h8-11,14H,4-7,12H2,1-3H3,(H2,17,18,19). The van der Waals surface area contributed by atoms with Crippen molar-refractivity contribution < 1.29 is 4.79 Å². The van der Waals surface area contributed by atoms with E-state index >= 15 is 0 Å². The third kappa shape index (κ3) is 6.85. The smallest absolute Gasteiger partial charge is 0.314 e. The van der Waals surface area contributed by atoms with Crippen molar-refractivity contribution in [2.24, 2.45) is 0 Å². The molecule has 3 heteroatoms. The van der Waals surface area contributed by atoms with Gasteiger partial charge in [0.05, 0.1) is 0 Å². The van der Waals surface area contributed by atoms with Gasteiger partial charge in [0.15, 0.2) is 0 Å². The van der Waals surface area contributed by atoms with Crippen LogP contribution >= 0.6 is 0 Å². The van der Waals surface area contributed by atoms with Crippen molar-refractivity contribution in [3.05, 3.63) is 35.4 Å². The molecule has 3 nitrogen and oxygen atoms in total. The molecule has 0 heterocycles. The third-order valence-electron chi connectivity index (χ3n) is 3.29. The van der Waals surface area contributed by atoms with Gasteiger partial charge in [0, 0.05) is 12.6 Å². The van der Waals surface area contributed by atoms with Gasteiger partial charge >= 0.3 is 6.03 Å². The minimum Gasteiger partial charge on any atom is -0.338 e. The van der Waals surface area contributed by atoms with E-state index < -0.39 is 0 Å². The molecule has 0 aliphatic rings. The lowest BCUT2D eigenvalue weighted by Gasteiger charge is -2.12. The summed E-state index contributed by atoms with van der Waals surface area (Å²) >= 11 is 0. The van der Waals surface area contributed by atoms with Gasteiger partial charge in [-0.1, -0.05) is 36.8 Å². The zero-order valence-corrected chi connectivity index (χ0v) is 12.3. The Hall–Kier alpha value is -1.51. The van der Waals surface area contributed by atoms with Crippen LogP contribution in [0.15, 0.2) is 24.3 Å². The molecule has 0 bridgehead atoms. The van der Waals surface area contributed by atoms with Crippen molar-refractivity contribution in [1.82, 2.24) is 10.6 Å². The number of hydrogen-bond donors (Lipinski definition) is 2. The zero-order valence-electron chi connectivity index (χ0n) is 12.3. The number of nitrogens with one attached hydrogen (secondary N) is 2. The molecule has 0 saturated heterocycles. The second-order valence-corrected chi connectivity index (χ2v) is 5.15. The van der Waals surface area contributed by atoms with Crippen molar-refractivity contribution in [2.45, 2.75) is 52.5 Å². The Morgan fingerprint density at radius 3 is 2.53 bits per heavy atom. The maximum absolute atomic E-state index is 11.5. The molecule has 0 aliphatic carbocycles. The Labute approximate surface area is 116 Å². The van der Waals surface area contributed by atoms with E-state index in [1.54, 1.807) is 0 Å². The van der Waals surface area contributed by atoms with Crippen LogP contribution in [0.25, 0.3) is 0 Å². The van der Waals surface area contributed by atoms with E-state index in [1.807, 2.05) is 6.92 Å². The molecule has 106 valence electrons. The predicted molar refractivity (Wildman–Crippen MR) is 80.4 cm³/mol. The Kier molecular flexibility index (Phi) is 7.01. The fourth-order valence-electron chi connectivity index (χ4n) is 1.79. The predicted octanol–water partition coefficient (Wildman–Crippen LogP) is 3.42. The lowest BCUT2D eigenvalue weighted by molar-refractivity contribution is 0.237. The normalized spacial score (nSPS) is 11.9. The topological polar surface area (TPSA) is 41.1 Å². The fourth-order valence-corrected chi connectivity index (χ4v) is 1.79. The number of hydrogen-bond acceptors (Lipinski definition) is 1. The average molecular weight is 262 g/mol. The Balaban J connectivity index is 2.08. The first-order chi connectivity index (χ1) is 9.11. The zero-order chi connectivity index (χ0) is 14.1. The van der Waals surface area contributed by atoms with Crippen molar-refractivity contribution in [3.63, 3.8) is 0 Å². The minimum atomic E-state index is -0.0512. The summed E-state index contributed by atoms with van der Waals surface area (Å²) in [6.07, 6.45) is 4.16. The maximum atomic E-state index is 11.5. The number of urea groups is 1. The molecule has 0 aliphatic heterocycles. The summed E-state index contributed by atoms with van der Waals surface area (Å²) in [4.78, 5) is 11.5. The number of amides is 2. The summed E-state index contributed by atoms with van der Waals surface area (Å²) < 4.78 is 0. The van der Waals surface area contributed by atoms with Crippen molar-refractivity contribution in [2.75, 3.05) is 6.54 Å². The molecule has 1 rings (SSSR count). The number of unbranched alkanes of at least 4 members (excludes halogenated alkanes) is 1. The highest BCUT2D eigenvalue weighted by atomic mass is 16.2. The van der Waals surface area contributed by atoms with Gasteiger partial charge in [-0.3, -0.25) is 0 Å². The first kappa shape index (κ1) is 15.5. The van der Waals surface area contributed by atoms with Gasteiger partial charge in [-0.05, 0) is 45.1 Å². The maximum Gasteiger partial charge on any atom is 0.314 e. The van der Waals surface area contributed by atoms with Crippen LogP contribution in [-0.4, -0.2) is 18.6 Å². The summed E-state index contributed by atoms with van der Waals surface area (Å²) in [6, 6.07) is 8.84. The SMILES string of the molecule is CCC(C)NC(=O)NCCCCc1ccc(C)cc1. The minimum absolute atomic E-state index is 0.0512. The van der Waals surface area contributed by atoms with Crippen LogP contribution in [0, 0.1) is 6.92 Å². The summed E-state index contributed by atoms with van der Waals surface area (Å²) in [5.74, 6) is 0. The number of aryl methyl sites for hydroxylation is 2. The van der Waals surface area contributed by atoms with E-state index in [0.717, 1.165) is 32.2 Å². The molecular formula is C16H26N2O. The van der Waals surface area contributed by atoms with Crippen LogP contribution in [0.3, 0.4) is 0 Å². The van der Waals surface area contributed by atoms with Crippen LogP contribution < -0.4 is 10.6 Å². The lowest BCUT2D eigenvalue weighted by atomic mass is 10.1. The summed E-state index contributed by atoms with van der Waals surface area (Å²) in [7, 11) is 0. The van der Waals surface area contributed by atoms with Gasteiger partial charge in [0.1, 0.15) is 0 Å². The molecule has 2 amide bonds. The van der Waals surface area contributed by atoms with E-state index in [-0.39, 0.29) is 12.1 Å². The molecular weight excluding hydrogens is 236 g/mol. The van der Waals surface area contributed by atoms with E-state index in [2.05, 4.69) is 48.7 Å². The van der Waals surface area contributed by atoms with E-state index in [0.29, 0.717) is 0 Å². The van der Waals surface area contributed by atoms with Gasteiger partial charge in [-0.15, -0.1) is 0 Å². The number of rotatable bonds is 7. The Morgan fingerprint density at radius 2 is 1.89 bits per heavy atom. The molecule has 1 aromatic carbocycles. The summed E-state index contributed by atoms with van der Waals surface area (Å²) in [5, 5.41) is 5.79. The first-order valence-electron chi connectivity index (χ1n) is 7.21. The molecule has 0 aromatic heterocycles. The quantitative estimate of drug-likeness (QED) is 0.726. The van der Waals surface area contributed by atoms with Gasteiger partial charge < -0.3 is 10.6 Å². The first-order valence-corrected chi connectivity index (χ1v) is 7.21. The molecule has 2 N–H and O–H groups in total.